The molecule has 1 rings (SSSR count). The first kappa shape index (κ1) is 20.5. The summed E-state index contributed by atoms with van der Waals surface area (Å²) < 4.78 is 58.9. The maximum absolute atomic E-state index is 11.7. The van der Waals surface area contributed by atoms with E-state index in [2.05, 4.69) is 52.0 Å². The van der Waals surface area contributed by atoms with Crippen molar-refractivity contribution in [3.8, 4) is 0 Å². The molecule has 102 valence electrons. The van der Waals surface area contributed by atoms with Crippen LogP contribution in [0.15, 0.2) is 34.1 Å². The Hall–Kier alpha value is 1.48. The zero-order valence-electron chi connectivity index (χ0n) is 9.21. The van der Waals surface area contributed by atoms with Gasteiger partial charge in [-0.05, 0) is 66.0 Å². The summed E-state index contributed by atoms with van der Waals surface area (Å²) >= 11 is 8.46. The molecule has 0 saturated carbocycles. The minimum atomic E-state index is -4.73. The van der Waals surface area contributed by atoms with Crippen LogP contribution in [-0.2, 0) is 24.4 Å². The molecule has 0 aromatic heterocycles. The fourth-order valence-corrected chi connectivity index (χ4v) is 3.98. The standard InChI is InChI=1S/C7H5Br3O6S2.Na/c8-7(9,10)16-18(14,15)6-3-1-2-5(4-6)17(11,12)13;/h1-4H,(H,11,12,13);/q;+1/p-1. The molecule has 0 aliphatic carbocycles. The molecule has 0 spiro atoms. The van der Waals surface area contributed by atoms with Crippen LogP contribution in [0.4, 0.5) is 0 Å². The van der Waals surface area contributed by atoms with Crippen LogP contribution in [0.1, 0.15) is 0 Å². The number of alkyl halides is 3. The number of hydrogen-bond donors (Lipinski definition) is 0. The summed E-state index contributed by atoms with van der Waals surface area (Å²) in [6.45, 7) is 0. The van der Waals surface area contributed by atoms with Gasteiger partial charge in [-0.1, -0.05) is 6.07 Å². The molecule has 0 amide bonds. The van der Waals surface area contributed by atoms with Gasteiger partial charge in [0.15, 0.2) is 0 Å². The number of halogens is 3. The third-order valence-electron chi connectivity index (χ3n) is 1.59. The summed E-state index contributed by atoms with van der Waals surface area (Å²) in [5, 5.41) is 0. The van der Waals surface area contributed by atoms with Crippen molar-refractivity contribution in [3.05, 3.63) is 24.3 Å². The van der Waals surface area contributed by atoms with Crippen LogP contribution in [-0.4, -0.2) is 23.7 Å². The van der Waals surface area contributed by atoms with Gasteiger partial charge < -0.3 is 4.55 Å². The van der Waals surface area contributed by atoms with Crippen molar-refractivity contribution in [3.63, 3.8) is 0 Å². The van der Waals surface area contributed by atoms with E-state index in [9.17, 15) is 21.4 Å². The molecule has 0 fully saturated rings. The summed E-state index contributed by atoms with van der Waals surface area (Å²) in [5.41, 5.74) is 0. The summed E-state index contributed by atoms with van der Waals surface area (Å²) in [6.07, 6.45) is 0. The molecule has 6 nitrogen and oxygen atoms in total. The molecule has 0 unspecified atom stereocenters. The number of rotatable bonds is 3. The Balaban J connectivity index is 0.00000324. The maximum atomic E-state index is 11.7. The minimum Gasteiger partial charge on any atom is -0.744 e. The van der Waals surface area contributed by atoms with E-state index in [4.69, 9.17) is 0 Å². The van der Waals surface area contributed by atoms with E-state index in [1.807, 2.05) is 0 Å². The fourth-order valence-electron chi connectivity index (χ4n) is 0.958. The van der Waals surface area contributed by atoms with Crippen molar-refractivity contribution in [2.45, 2.75) is 12.1 Å². The van der Waals surface area contributed by atoms with Crippen molar-refractivity contribution in [1.82, 2.24) is 0 Å². The predicted octanol–water partition coefficient (Wildman–Crippen LogP) is -0.904. The Labute approximate surface area is 157 Å². The molecule has 0 atom stereocenters. The second-order valence-corrected chi connectivity index (χ2v) is 12.4. The first-order valence-corrected chi connectivity index (χ1v) is 9.20. The smallest absolute Gasteiger partial charge is 0.744 e. The zero-order chi connectivity index (χ0) is 14.2. The van der Waals surface area contributed by atoms with E-state index in [1.54, 1.807) is 0 Å². The van der Waals surface area contributed by atoms with Gasteiger partial charge in [-0.15, -0.1) is 0 Å². The molecule has 0 heterocycles. The molecule has 12 heteroatoms. The van der Waals surface area contributed by atoms with Crippen LogP contribution in [0.5, 0.6) is 0 Å². The fraction of sp³-hybridized carbons (Fsp3) is 0.143. The third-order valence-corrected chi connectivity index (χ3v) is 4.85. The summed E-state index contributed by atoms with van der Waals surface area (Å²) in [4.78, 5) is -1.11. The maximum Gasteiger partial charge on any atom is 1.00 e. The SMILES string of the molecule is O=S(=O)([O-])c1cccc(S(=O)(=O)OC(Br)(Br)Br)c1.[Na+]. The normalized spacial score (nSPS) is 12.8. The summed E-state index contributed by atoms with van der Waals surface area (Å²) in [7, 11) is -8.98. The zero-order valence-corrected chi connectivity index (χ0v) is 17.6. The second-order valence-electron chi connectivity index (χ2n) is 2.91. The van der Waals surface area contributed by atoms with Crippen LogP contribution in [0.3, 0.4) is 0 Å². The van der Waals surface area contributed by atoms with Gasteiger partial charge in [0.2, 0.25) is 0 Å². The Morgan fingerprint density at radius 3 is 1.95 bits per heavy atom. The van der Waals surface area contributed by atoms with Crippen molar-refractivity contribution >= 4 is 68.0 Å². The van der Waals surface area contributed by atoms with Gasteiger partial charge in [0.25, 0.3) is 12.4 Å². The van der Waals surface area contributed by atoms with Crippen LogP contribution in [0.25, 0.3) is 0 Å². The second kappa shape index (κ2) is 7.16. The van der Waals surface area contributed by atoms with Crippen LogP contribution in [0, 0.1) is 0 Å². The van der Waals surface area contributed by atoms with Crippen molar-refractivity contribution < 1.29 is 55.1 Å². The predicted molar refractivity (Wildman–Crippen MR) is 72.2 cm³/mol. The number of benzene rings is 1. The summed E-state index contributed by atoms with van der Waals surface area (Å²) in [6, 6.07) is 3.93. The molecule has 1 aromatic carbocycles. The quantitative estimate of drug-likeness (QED) is 0.226. The van der Waals surface area contributed by atoms with E-state index in [1.165, 1.54) is 0 Å². The van der Waals surface area contributed by atoms with Gasteiger partial charge in [-0.25, -0.2) is 12.6 Å². The molecule has 0 saturated heterocycles. The first-order chi connectivity index (χ1) is 7.92. The molecule has 0 radical (unpaired) electrons. The minimum absolute atomic E-state index is 0. The van der Waals surface area contributed by atoms with Crippen molar-refractivity contribution in [2.24, 2.45) is 0 Å². The topological polar surface area (TPSA) is 101 Å². The monoisotopic (exact) mass is 508 g/mol. The Morgan fingerprint density at radius 2 is 1.53 bits per heavy atom. The molecule has 0 aliphatic heterocycles. The molecule has 1 aromatic rings. The van der Waals surface area contributed by atoms with Gasteiger partial charge in [0.1, 0.15) is 10.1 Å². The van der Waals surface area contributed by atoms with Crippen molar-refractivity contribution in [2.75, 3.05) is 0 Å². The molecule has 19 heavy (non-hydrogen) atoms. The van der Waals surface area contributed by atoms with Gasteiger partial charge in [-0.3, -0.25) is 0 Å². The van der Waals surface area contributed by atoms with E-state index in [-0.39, 0.29) is 29.6 Å². The van der Waals surface area contributed by atoms with Gasteiger partial charge in [0, 0.05) is 0 Å². The van der Waals surface area contributed by atoms with Gasteiger partial charge >= 0.3 is 29.6 Å². The number of hydrogen-bond acceptors (Lipinski definition) is 6. The van der Waals surface area contributed by atoms with E-state index in [0.29, 0.717) is 0 Å². The van der Waals surface area contributed by atoms with E-state index in [0.717, 1.165) is 24.3 Å². The van der Waals surface area contributed by atoms with Crippen LogP contribution in [0.2, 0.25) is 0 Å². The molecular formula is C7H4Br3NaO6S2. The summed E-state index contributed by atoms with van der Waals surface area (Å²) in [5.74, 6) is 0. The molecular weight excluding hydrogens is 507 g/mol. The Morgan fingerprint density at radius 1 is 1.05 bits per heavy atom. The molecule has 0 bridgehead atoms. The van der Waals surface area contributed by atoms with E-state index >= 15 is 0 Å². The first-order valence-electron chi connectivity index (χ1n) is 4.00. The molecule has 0 aliphatic rings. The Kier molecular flexibility index (Phi) is 7.72. The average Bonchev–Trinajstić information content (AvgIpc) is 2.13. The Bertz CT molecular complexity index is 652. The average molecular weight is 511 g/mol. The van der Waals surface area contributed by atoms with Crippen molar-refractivity contribution in [1.29, 1.82) is 0 Å². The van der Waals surface area contributed by atoms with Gasteiger partial charge in [-0.2, -0.15) is 8.42 Å². The van der Waals surface area contributed by atoms with Crippen LogP contribution >= 0.6 is 47.8 Å². The van der Waals surface area contributed by atoms with Crippen LogP contribution < -0.4 is 29.6 Å². The molecule has 0 N–H and O–H groups in total. The van der Waals surface area contributed by atoms with E-state index < -0.39 is 32.4 Å². The third kappa shape index (κ3) is 6.85. The largest absolute Gasteiger partial charge is 1.00 e. The van der Waals surface area contributed by atoms with Gasteiger partial charge in [0.05, 0.1) is 9.79 Å².